The molecule has 0 rings (SSSR count). The van der Waals surface area contributed by atoms with E-state index < -0.39 is 6.09 Å². The summed E-state index contributed by atoms with van der Waals surface area (Å²) in [5.74, 6) is 4.66. The van der Waals surface area contributed by atoms with E-state index in [4.69, 9.17) is 0 Å². The zero-order valence-corrected chi connectivity index (χ0v) is 5.22. The summed E-state index contributed by atoms with van der Waals surface area (Å²) in [6.07, 6.45) is -0.480. The number of carbonyl (C=O) groups is 1. The molecule has 0 saturated heterocycles. The molecule has 0 radical (unpaired) electrons. The molecule has 3 N–H and O–H groups in total. The van der Waals surface area contributed by atoms with Gasteiger partial charge in [0.1, 0.15) is 0 Å². The first-order valence-corrected chi connectivity index (χ1v) is 2.44. The Labute approximate surface area is 60.4 Å². The molecule has 0 heterocycles. The van der Waals surface area contributed by atoms with E-state index in [1.54, 1.807) is 0 Å². The van der Waals surface area contributed by atoms with E-state index in [0.29, 0.717) is 6.54 Å². The second-order valence-corrected chi connectivity index (χ2v) is 1.29. The minimum Gasteiger partial charge on any atom is -0.453 e. The van der Waals surface area contributed by atoms with Crippen molar-refractivity contribution in [2.75, 3.05) is 20.3 Å². The van der Waals surface area contributed by atoms with Gasteiger partial charge in [0.25, 0.3) is 0 Å². The average Bonchev–Trinajstić information content (AvgIpc) is 1.89. The zero-order valence-electron chi connectivity index (χ0n) is 5.22. The van der Waals surface area contributed by atoms with Crippen LogP contribution in [0.2, 0.25) is 0 Å². The van der Waals surface area contributed by atoms with E-state index in [1.807, 2.05) is 0 Å². The maximum Gasteiger partial charge on any atom is 0.406 e. The fraction of sp³-hybridized carbons (Fsp3) is 0.800. The third kappa shape index (κ3) is 7.19. The summed E-state index contributed by atoms with van der Waals surface area (Å²) >= 11 is 0. The number of alkyl carbamates (subject to hydrolysis) is 1. The van der Waals surface area contributed by atoms with Gasteiger partial charge in [0, 0.05) is 6.54 Å². The Hall–Kier alpha value is -0.810. The van der Waals surface area contributed by atoms with Crippen LogP contribution >= 0.6 is 0 Å². The summed E-state index contributed by atoms with van der Waals surface area (Å²) in [4.78, 5) is 14.4. The molecule has 5 heteroatoms. The van der Waals surface area contributed by atoms with Crippen molar-refractivity contribution in [1.29, 1.82) is 0 Å². The summed E-state index contributed by atoms with van der Waals surface area (Å²) in [7, 11) is 1.29. The summed E-state index contributed by atoms with van der Waals surface area (Å²) in [5.41, 5.74) is 0. The number of hydrogen-bond donors (Lipinski definition) is 2. The lowest BCUT2D eigenvalue weighted by molar-refractivity contribution is 0.132. The van der Waals surface area contributed by atoms with Crippen LogP contribution in [0.15, 0.2) is 0 Å². The summed E-state index contributed by atoms with van der Waals surface area (Å²) in [6, 6.07) is 0. The quantitative estimate of drug-likeness (QED) is 0.434. The second-order valence-electron chi connectivity index (χ2n) is 1.29. The fourth-order valence-electron chi connectivity index (χ4n) is 0.284. The molecule has 62 valence electrons. The third-order valence-corrected chi connectivity index (χ3v) is 0.675. The number of rotatable bonds is 3. The molecule has 0 bridgehead atoms. The number of nitrogens with one attached hydrogen (secondary N) is 1. The summed E-state index contributed by atoms with van der Waals surface area (Å²) in [6.45, 7) is 0.651. The van der Waals surface area contributed by atoms with E-state index in [9.17, 15) is 4.79 Å². The molecular formula is C5H14N2O3. The Balaban J connectivity index is 0. The van der Waals surface area contributed by atoms with Gasteiger partial charge in [-0.2, -0.15) is 0 Å². The maximum absolute atomic E-state index is 10.3. The van der Waals surface area contributed by atoms with Gasteiger partial charge < -0.3 is 14.9 Å². The smallest absolute Gasteiger partial charge is 0.406 e. The Bertz CT molecular complexity index is 87.0. The first-order valence-electron chi connectivity index (χ1n) is 2.44. The van der Waals surface area contributed by atoms with Crippen LogP contribution in [0.25, 0.3) is 0 Å². The molecule has 0 atom stereocenters. The molecule has 0 saturated carbocycles. The second kappa shape index (κ2) is 8.19. The first kappa shape index (κ1) is 11.9. The highest BCUT2D eigenvalue weighted by atomic mass is 16.6. The van der Waals surface area contributed by atoms with Crippen LogP contribution in [0.3, 0.4) is 0 Å². The summed E-state index contributed by atoms with van der Waals surface area (Å²) < 4.78 is 4.25. The highest BCUT2D eigenvalue weighted by Crippen LogP contribution is 1.68. The molecule has 1 amide bonds. The van der Waals surface area contributed by atoms with Gasteiger partial charge in [0.2, 0.25) is 0 Å². The highest BCUT2D eigenvalue weighted by molar-refractivity contribution is 5.66. The van der Waals surface area contributed by atoms with Gasteiger partial charge in [-0.25, -0.2) is 10.7 Å². The van der Waals surface area contributed by atoms with Crippen molar-refractivity contribution in [3.63, 3.8) is 0 Å². The lowest BCUT2D eigenvalue weighted by Crippen LogP contribution is -2.27. The number of hydrogen-bond acceptors (Lipinski definition) is 4. The number of nitrogens with two attached hydrogens (primary N) is 1. The van der Waals surface area contributed by atoms with Gasteiger partial charge >= 0.3 is 6.09 Å². The third-order valence-electron chi connectivity index (χ3n) is 0.675. The van der Waals surface area contributed by atoms with Crippen molar-refractivity contribution in [1.82, 2.24) is 5.32 Å². The van der Waals surface area contributed by atoms with Gasteiger partial charge in [0.15, 0.2) is 0 Å². The largest absolute Gasteiger partial charge is 0.453 e. The van der Waals surface area contributed by atoms with Gasteiger partial charge in [-0.3, -0.25) is 0 Å². The molecule has 0 unspecified atom stereocenters. The molecule has 0 fully saturated rings. The SMILES string of the molecule is C.COC(=O)NCCON. The topological polar surface area (TPSA) is 73.6 Å². The van der Waals surface area contributed by atoms with Crippen molar-refractivity contribution in [3.05, 3.63) is 0 Å². The van der Waals surface area contributed by atoms with Crippen LogP contribution in [0.5, 0.6) is 0 Å². The lowest BCUT2D eigenvalue weighted by atomic mass is 10.7. The molecule has 0 aliphatic carbocycles. The fourth-order valence-corrected chi connectivity index (χ4v) is 0.284. The molecule has 10 heavy (non-hydrogen) atoms. The molecule has 0 spiro atoms. The molecule has 0 aromatic carbocycles. The zero-order chi connectivity index (χ0) is 7.11. The van der Waals surface area contributed by atoms with Gasteiger partial charge in [-0.05, 0) is 0 Å². The van der Waals surface area contributed by atoms with Crippen molar-refractivity contribution in [3.8, 4) is 0 Å². The summed E-state index contributed by atoms with van der Waals surface area (Å²) in [5, 5.41) is 2.37. The van der Waals surface area contributed by atoms with Crippen LogP contribution in [-0.2, 0) is 9.57 Å². The normalized spacial score (nSPS) is 7.80. The predicted molar refractivity (Wildman–Crippen MR) is 37.3 cm³/mol. The molecular weight excluding hydrogens is 136 g/mol. The minimum absolute atomic E-state index is 0. The highest BCUT2D eigenvalue weighted by Gasteiger charge is 1.93. The van der Waals surface area contributed by atoms with Crippen molar-refractivity contribution >= 4 is 6.09 Å². The van der Waals surface area contributed by atoms with Crippen LogP contribution in [0, 0.1) is 0 Å². The van der Waals surface area contributed by atoms with Gasteiger partial charge in [-0.15, -0.1) is 0 Å². The number of ether oxygens (including phenoxy) is 1. The first-order chi connectivity index (χ1) is 4.31. The Morgan fingerprint density at radius 2 is 2.30 bits per heavy atom. The number of methoxy groups -OCH3 is 1. The predicted octanol–water partition coefficient (Wildman–Crippen LogP) is -0.131. The van der Waals surface area contributed by atoms with Crippen molar-refractivity contribution < 1.29 is 14.4 Å². The molecule has 5 nitrogen and oxygen atoms in total. The molecule has 0 aliphatic heterocycles. The van der Waals surface area contributed by atoms with E-state index >= 15 is 0 Å². The van der Waals surface area contributed by atoms with Gasteiger partial charge in [-0.1, -0.05) is 7.43 Å². The van der Waals surface area contributed by atoms with Crippen LogP contribution in [-0.4, -0.2) is 26.4 Å². The maximum atomic E-state index is 10.3. The van der Waals surface area contributed by atoms with Crippen molar-refractivity contribution in [2.24, 2.45) is 5.90 Å². The van der Waals surface area contributed by atoms with Gasteiger partial charge in [0.05, 0.1) is 13.7 Å². The van der Waals surface area contributed by atoms with E-state index in [0.717, 1.165) is 0 Å². The monoisotopic (exact) mass is 150 g/mol. The van der Waals surface area contributed by atoms with E-state index in [-0.39, 0.29) is 14.0 Å². The molecule has 0 aromatic heterocycles. The molecule has 0 aromatic rings. The van der Waals surface area contributed by atoms with Crippen LogP contribution < -0.4 is 11.2 Å². The average molecular weight is 150 g/mol. The minimum atomic E-state index is -0.480. The molecule has 0 aliphatic rings. The number of carbonyl (C=O) groups excluding carboxylic acids is 1. The lowest BCUT2D eigenvalue weighted by Gasteiger charge is -1.99. The van der Waals surface area contributed by atoms with Crippen molar-refractivity contribution in [2.45, 2.75) is 7.43 Å². The van der Waals surface area contributed by atoms with Crippen LogP contribution in [0.4, 0.5) is 4.79 Å². The van der Waals surface area contributed by atoms with Crippen LogP contribution in [0.1, 0.15) is 7.43 Å². The Morgan fingerprint density at radius 3 is 2.70 bits per heavy atom. The van der Waals surface area contributed by atoms with E-state index in [1.165, 1.54) is 7.11 Å². The number of amides is 1. The Morgan fingerprint density at radius 1 is 1.70 bits per heavy atom. The van der Waals surface area contributed by atoms with E-state index in [2.05, 4.69) is 20.8 Å². The standard InChI is InChI=1S/C4H10N2O3.CH4/c1-8-4(7)6-2-3-9-5;/h2-3,5H2,1H3,(H,6,7);1H4. The Kier molecular flexibility index (Phi) is 9.77.